The highest BCUT2D eigenvalue weighted by Gasteiger charge is 2.73. The summed E-state index contributed by atoms with van der Waals surface area (Å²) in [6.45, 7) is 3.86. The third-order valence-corrected chi connectivity index (χ3v) is 9.70. The molecule has 46 heavy (non-hydrogen) atoms. The first-order valence-corrected chi connectivity index (χ1v) is 15.1. The summed E-state index contributed by atoms with van der Waals surface area (Å²) in [6, 6.07) is 22.0. The van der Waals surface area contributed by atoms with E-state index < -0.39 is 71.3 Å². The van der Waals surface area contributed by atoms with Gasteiger partial charge < -0.3 is 0 Å². The van der Waals surface area contributed by atoms with Crippen LogP contribution in [0.2, 0.25) is 0 Å². The number of benzene rings is 4. The van der Waals surface area contributed by atoms with E-state index in [9.17, 15) is 28.0 Å². The molecule has 0 saturated carbocycles. The minimum atomic E-state index is -1.07. The normalized spacial score (nSPS) is 27.5. The Labute approximate surface area is 263 Å². The first-order chi connectivity index (χ1) is 22.2. The fourth-order valence-corrected chi connectivity index (χ4v) is 7.76. The van der Waals surface area contributed by atoms with Gasteiger partial charge in [-0.1, -0.05) is 71.8 Å². The lowest BCUT2D eigenvalue weighted by molar-refractivity contribution is -0.136. The summed E-state index contributed by atoms with van der Waals surface area (Å²) in [6.07, 6.45) is 0. The predicted molar refractivity (Wildman–Crippen MR) is 164 cm³/mol. The molecule has 230 valence electrons. The number of hydrogen-bond acceptors (Lipinski definition) is 6. The molecule has 6 atom stereocenters. The molecule has 4 aliphatic heterocycles. The van der Waals surface area contributed by atoms with Gasteiger partial charge in [0, 0.05) is 0 Å². The topological polar surface area (TPSA) is 81.2 Å². The highest BCUT2D eigenvalue weighted by Crippen LogP contribution is 2.59. The van der Waals surface area contributed by atoms with Crippen LogP contribution in [0.25, 0.3) is 0 Å². The molecule has 4 heterocycles. The van der Waals surface area contributed by atoms with Crippen LogP contribution in [0.1, 0.15) is 34.3 Å². The molecule has 0 bridgehead atoms. The maximum absolute atomic E-state index is 14.4. The zero-order chi connectivity index (χ0) is 32.0. The first-order valence-electron chi connectivity index (χ1n) is 15.1. The number of carbonyl (C=O) groups excluding carboxylic acids is 4. The molecule has 0 unspecified atom stereocenters. The number of fused-ring (bicyclic) bond motifs is 5. The molecular weight excluding hydrogens is 590 g/mol. The van der Waals surface area contributed by atoms with Crippen molar-refractivity contribution in [2.24, 2.45) is 11.8 Å². The summed E-state index contributed by atoms with van der Waals surface area (Å²) in [5.74, 6) is -5.24. The van der Waals surface area contributed by atoms with Crippen molar-refractivity contribution in [1.82, 2.24) is 10.0 Å². The summed E-state index contributed by atoms with van der Waals surface area (Å²) in [7, 11) is 0. The van der Waals surface area contributed by atoms with Gasteiger partial charge in [0.2, 0.25) is 11.8 Å². The van der Waals surface area contributed by atoms with Crippen molar-refractivity contribution in [3.8, 4) is 0 Å². The molecule has 8 nitrogen and oxygen atoms in total. The van der Waals surface area contributed by atoms with E-state index in [1.165, 1.54) is 36.4 Å². The number of hydrogen-bond donors (Lipinski definition) is 0. The van der Waals surface area contributed by atoms with Crippen LogP contribution in [0, 0.1) is 37.3 Å². The summed E-state index contributed by atoms with van der Waals surface area (Å²) in [4.78, 5) is 59.6. The Morgan fingerprint density at radius 3 is 1.20 bits per heavy atom. The monoisotopic (exact) mass is 618 g/mol. The standard InChI is InChI=1S/C36H28F2N4O4/c1-19-9-13-21(14-10-19)29-27-31(35(45)39(33(27)43)25-7-3-5-23(37)17-25)42-30(22-15-11-20(2)12-16-22)28-32(41(29)42)36(46)40(34(28)44)26-8-4-6-24(38)18-26/h3-18,27-32H,1-2H3/t27-,28-,29+,30+,31+,32+/m0/s1. The second kappa shape index (κ2) is 10.2. The minimum absolute atomic E-state index is 0.120. The molecule has 8 rings (SSSR count). The Morgan fingerprint density at radius 1 is 0.478 bits per heavy atom. The van der Waals surface area contributed by atoms with Gasteiger partial charge in [0.15, 0.2) is 0 Å². The lowest BCUT2D eigenvalue weighted by atomic mass is 9.84. The van der Waals surface area contributed by atoms with Gasteiger partial charge in [-0.2, -0.15) is 0 Å². The van der Waals surface area contributed by atoms with E-state index in [0.29, 0.717) is 11.1 Å². The Bertz CT molecular complexity index is 1810. The molecule has 4 aliphatic rings. The van der Waals surface area contributed by atoms with E-state index >= 15 is 0 Å². The minimum Gasteiger partial charge on any atom is -0.274 e. The second-order valence-corrected chi connectivity index (χ2v) is 12.4. The van der Waals surface area contributed by atoms with Crippen molar-refractivity contribution in [1.29, 1.82) is 0 Å². The van der Waals surface area contributed by atoms with Crippen LogP contribution in [0.5, 0.6) is 0 Å². The number of amides is 4. The second-order valence-electron chi connectivity index (χ2n) is 12.4. The maximum atomic E-state index is 14.4. The van der Waals surface area contributed by atoms with Crippen molar-refractivity contribution >= 4 is 35.0 Å². The molecule has 4 fully saturated rings. The lowest BCUT2D eigenvalue weighted by Crippen LogP contribution is -2.50. The van der Waals surface area contributed by atoms with Crippen LogP contribution in [0.15, 0.2) is 97.1 Å². The zero-order valence-electron chi connectivity index (χ0n) is 24.9. The van der Waals surface area contributed by atoms with Gasteiger partial charge in [0.05, 0.1) is 35.3 Å². The Kier molecular flexibility index (Phi) is 6.32. The number of aryl methyl sites for hydroxylation is 2. The van der Waals surface area contributed by atoms with Crippen LogP contribution < -0.4 is 9.80 Å². The van der Waals surface area contributed by atoms with Crippen molar-refractivity contribution in [2.75, 3.05) is 9.80 Å². The fourth-order valence-electron chi connectivity index (χ4n) is 7.76. The summed E-state index contributed by atoms with van der Waals surface area (Å²) in [5.41, 5.74) is 3.58. The molecule has 0 aliphatic carbocycles. The molecule has 4 aromatic rings. The van der Waals surface area contributed by atoms with Crippen LogP contribution in [0.3, 0.4) is 0 Å². The fraction of sp³-hybridized carbons (Fsp3) is 0.222. The molecular formula is C36H28F2N4O4. The van der Waals surface area contributed by atoms with Gasteiger partial charge >= 0.3 is 0 Å². The molecule has 4 aromatic carbocycles. The number of hydrazine groups is 1. The van der Waals surface area contributed by atoms with Crippen molar-refractivity contribution in [3.63, 3.8) is 0 Å². The number of carbonyl (C=O) groups is 4. The van der Waals surface area contributed by atoms with E-state index in [1.807, 2.05) is 62.4 Å². The SMILES string of the molecule is Cc1ccc([C@@H]2[C@@H]3C(=O)N(c4cccc(F)c4)C(=O)[C@@H]3N3[C@H](c4ccc(C)cc4)[C@@H]4C(=O)N(c5cccc(F)c5)C(=O)[C@@H]4N23)cc1. The lowest BCUT2D eigenvalue weighted by Gasteiger charge is -2.35. The van der Waals surface area contributed by atoms with Crippen LogP contribution in [-0.2, 0) is 19.2 Å². The number of imide groups is 2. The first kappa shape index (κ1) is 28.4. The van der Waals surface area contributed by atoms with Gasteiger partial charge in [-0.15, -0.1) is 0 Å². The summed E-state index contributed by atoms with van der Waals surface area (Å²) in [5, 5.41) is 3.51. The number of nitrogens with zero attached hydrogens (tertiary/aromatic N) is 4. The van der Waals surface area contributed by atoms with Crippen molar-refractivity contribution in [2.45, 2.75) is 38.0 Å². The third kappa shape index (κ3) is 3.96. The Balaban J connectivity index is 1.33. The average Bonchev–Trinajstić information content (AvgIpc) is 3.69. The Morgan fingerprint density at radius 2 is 0.848 bits per heavy atom. The summed E-state index contributed by atoms with van der Waals surface area (Å²) < 4.78 is 28.7. The predicted octanol–water partition coefficient (Wildman–Crippen LogP) is 5.03. The van der Waals surface area contributed by atoms with Crippen LogP contribution >= 0.6 is 0 Å². The zero-order valence-corrected chi connectivity index (χ0v) is 24.9. The van der Waals surface area contributed by atoms with Crippen molar-refractivity contribution < 1.29 is 28.0 Å². The van der Waals surface area contributed by atoms with Crippen LogP contribution in [0.4, 0.5) is 20.2 Å². The number of halogens is 2. The average molecular weight is 619 g/mol. The molecule has 0 spiro atoms. The van der Waals surface area contributed by atoms with E-state index in [-0.39, 0.29) is 11.4 Å². The smallest absolute Gasteiger partial charge is 0.253 e. The molecule has 10 heteroatoms. The maximum Gasteiger partial charge on any atom is 0.253 e. The van der Waals surface area contributed by atoms with E-state index in [0.717, 1.165) is 33.1 Å². The van der Waals surface area contributed by atoms with E-state index in [4.69, 9.17) is 0 Å². The molecule has 4 saturated heterocycles. The van der Waals surface area contributed by atoms with Gasteiger partial charge in [-0.25, -0.2) is 28.6 Å². The van der Waals surface area contributed by atoms with Gasteiger partial charge in [-0.3, -0.25) is 19.2 Å². The van der Waals surface area contributed by atoms with Gasteiger partial charge in [0.25, 0.3) is 11.8 Å². The number of rotatable bonds is 4. The quantitative estimate of drug-likeness (QED) is 0.299. The van der Waals surface area contributed by atoms with Gasteiger partial charge in [-0.05, 0) is 61.4 Å². The highest BCUT2D eigenvalue weighted by molar-refractivity contribution is 6.26. The van der Waals surface area contributed by atoms with E-state index in [2.05, 4.69) is 0 Å². The molecule has 0 aromatic heterocycles. The van der Waals surface area contributed by atoms with Crippen molar-refractivity contribution in [3.05, 3.63) is 131 Å². The van der Waals surface area contributed by atoms with Crippen LogP contribution in [-0.4, -0.2) is 45.7 Å². The summed E-state index contributed by atoms with van der Waals surface area (Å²) >= 11 is 0. The van der Waals surface area contributed by atoms with E-state index in [1.54, 1.807) is 10.0 Å². The largest absolute Gasteiger partial charge is 0.274 e. The third-order valence-electron chi connectivity index (χ3n) is 9.70. The molecule has 4 amide bonds. The Hall–Kier alpha value is -5.06. The van der Waals surface area contributed by atoms with Gasteiger partial charge in [0.1, 0.15) is 23.7 Å². The molecule has 0 radical (unpaired) electrons. The number of anilines is 2. The molecule has 0 N–H and O–H groups in total. The highest BCUT2D eigenvalue weighted by atomic mass is 19.1.